The second-order valence-corrected chi connectivity index (χ2v) is 6.65. The highest BCUT2D eigenvalue weighted by Gasteiger charge is 2.39. The molecule has 2 unspecified atom stereocenters. The lowest BCUT2D eigenvalue weighted by atomic mass is 9.78. The number of nitrogens with one attached hydrogen (secondary N) is 1. The standard InChI is InChI=1S/C15H24N6/c1-12(2)18-15(10-16)5-3-4-13(8-15)20-6-7-21-11-17-19-14(21)9-20/h11-13,18H,3-9H2,1-2H3. The molecule has 1 saturated carbocycles. The SMILES string of the molecule is CC(C)NC1(C#N)CCCC(N2CCn3cnnc3C2)C1. The maximum atomic E-state index is 9.67. The van der Waals surface area contributed by atoms with Crippen molar-refractivity contribution in [1.82, 2.24) is 25.0 Å². The highest BCUT2D eigenvalue weighted by molar-refractivity contribution is 5.12. The molecule has 2 aliphatic rings. The number of nitriles is 1. The van der Waals surface area contributed by atoms with Gasteiger partial charge in [-0.1, -0.05) is 0 Å². The Morgan fingerprint density at radius 2 is 2.33 bits per heavy atom. The molecule has 1 N–H and O–H groups in total. The predicted molar refractivity (Wildman–Crippen MR) is 79.3 cm³/mol. The van der Waals surface area contributed by atoms with Crippen LogP contribution in [0.3, 0.4) is 0 Å². The van der Waals surface area contributed by atoms with Crippen LogP contribution in [0.1, 0.15) is 45.4 Å². The van der Waals surface area contributed by atoms with Gasteiger partial charge in [0.15, 0.2) is 0 Å². The summed E-state index contributed by atoms with van der Waals surface area (Å²) in [6.45, 7) is 7.07. The zero-order chi connectivity index (χ0) is 14.9. The molecule has 21 heavy (non-hydrogen) atoms. The van der Waals surface area contributed by atoms with Gasteiger partial charge in [0.2, 0.25) is 0 Å². The molecular weight excluding hydrogens is 264 g/mol. The average Bonchev–Trinajstić information content (AvgIpc) is 2.94. The van der Waals surface area contributed by atoms with Gasteiger partial charge in [0.05, 0.1) is 12.6 Å². The van der Waals surface area contributed by atoms with E-state index in [1.807, 2.05) is 6.33 Å². The number of nitrogens with zero attached hydrogens (tertiary/aromatic N) is 5. The largest absolute Gasteiger partial charge is 0.315 e. The van der Waals surface area contributed by atoms with Gasteiger partial charge in [0.1, 0.15) is 17.7 Å². The fourth-order valence-corrected chi connectivity index (χ4v) is 3.77. The predicted octanol–water partition coefficient (Wildman–Crippen LogP) is 1.30. The van der Waals surface area contributed by atoms with Gasteiger partial charge < -0.3 is 4.57 Å². The van der Waals surface area contributed by atoms with Crippen molar-refractivity contribution in [2.45, 2.75) is 70.2 Å². The van der Waals surface area contributed by atoms with Crippen LogP contribution in [0.15, 0.2) is 6.33 Å². The van der Waals surface area contributed by atoms with E-state index in [1.54, 1.807) is 0 Å². The summed E-state index contributed by atoms with van der Waals surface area (Å²) < 4.78 is 2.13. The lowest BCUT2D eigenvalue weighted by Crippen LogP contribution is -2.55. The van der Waals surface area contributed by atoms with Crippen LogP contribution in [0.5, 0.6) is 0 Å². The number of aromatic nitrogens is 3. The quantitative estimate of drug-likeness (QED) is 0.908. The van der Waals surface area contributed by atoms with E-state index in [-0.39, 0.29) is 5.54 Å². The van der Waals surface area contributed by atoms with Crippen LogP contribution in [0, 0.1) is 11.3 Å². The van der Waals surface area contributed by atoms with Crippen LogP contribution in [-0.2, 0) is 13.1 Å². The Balaban J connectivity index is 1.70. The van der Waals surface area contributed by atoms with Crippen LogP contribution in [0.4, 0.5) is 0 Å². The van der Waals surface area contributed by atoms with Crippen molar-refractivity contribution in [2.75, 3.05) is 6.54 Å². The van der Waals surface area contributed by atoms with Crippen molar-refractivity contribution in [3.8, 4) is 6.07 Å². The van der Waals surface area contributed by atoms with Crippen LogP contribution in [0.25, 0.3) is 0 Å². The molecule has 2 atom stereocenters. The molecule has 1 aliphatic carbocycles. The summed E-state index contributed by atoms with van der Waals surface area (Å²) in [5.74, 6) is 1.05. The molecule has 0 radical (unpaired) electrons. The Kier molecular flexibility index (Phi) is 3.96. The van der Waals surface area contributed by atoms with E-state index in [1.165, 1.54) is 6.42 Å². The third kappa shape index (κ3) is 2.94. The second-order valence-electron chi connectivity index (χ2n) is 6.65. The maximum absolute atomic E-state index is 9.67. The monoisotopic (exact) mass is 288 g/mol. The molecule has 0 aromatic carbocycles. The molecule has 0 bridgehead atoms. The van der Waals surface area contributed by atoms with E-state index in [0.717, 1.165) is 44.7 Å². The highest BCUT2D eigenvalue weighted by Crippen LogP contribution is 2.32. The molecule has 114 valence electrons. The Hall–Kier alpha value is -1.45. The average molecular weight is 288 g/mol. The first-order chi connectivity index (χ1) is 10.1. The third-order valence-electron chi connectivity index (χ3n) is 4.69. The van der Waals surface area contributed by atoms with Gasteiger partial charge in [-0.3, -0.25) is 10.2 Å². The van der Waals surface area contributed by atoms with Crippen molar-refractivity contribution >= 4 is 0 Å². The van der Waals surface area contributed by atoms with E-state index in [9.17, 15) is 5.26 Å². The van der Waals surface area contributed by atoms with E-state index < -0.39 is 0 Å². The minimum absolute atomic E-state index is 0.341. The van der Waals surface area contributed by atoms with Gasteiger partial charge in [-0.25, -0.2) is 0 Å². The van der Waals surface area contributed by atoms with E-state index >= 15 is 0 Å². The van der Waals surface area contributed by atoms with Crippen molar-refractivity contribution in [3.05, 3.63) is 12.2 Å². The number of fused-ring (bicyclic) bond motifs is 1. The minimum atomic E-state index is -0.359. The van der Waals surface area contributed by atoms with Crippen LogP contribution < -0.4 is 5.32 Å². The Bertz CT molecular complexity index is 531. The summed E-state index contributed by atoms with van der Waals surface area (Å²) in [4.78, 5) is 2.48. The summed E-state index contributed by atoms with van der Waals surface area (Å²) >= 11 is 0. The van der Waals surface area contributed by atoms with Crippen molar-refractivity contribution in [1.29, 1.82) is 5.26 Å². The molecule has 6 heteroatoms. The Labute approximate surface area is 126 Å². The molecule has 1 aromatic heterocycles. The van der Waals surface area contributed by atoms with E-state index in [0.29, 0.717) is 12.1 Å². The summed E-state index contributed by atoms with van der Waals surface area (Å²) in [5, 5.41) is 21.4. The van der Waals surface area contributed by atoms with Crippen LogP contribution in [-0.4, -0.2) is 43.8 Å². The molecule has 2 heterocycles. The van der Waals surface area contributed by atoms with Gasteiger partial charge in [-0.05, 0) is 39.5 Å². The number of rotatable bonds is 3. The number of hydrogen-bond donors (Lipinski definition) is 1. The Morgan fingerprint density at radius 1 is 1.48 bits per heavy atom. The smallest absolute Gasteiger partial charge is 0.147 e. The van der Waals surface area contributed by atoms with Crippen molar-refractivity contribution in [3.63, 3.8) is 0 Å². The summed E-state index contributed by atoms with van der Waals surface area (Å²) in [5.41, 5.74) is -0.359. The first kappa shape index (κ1) is 14.5. The van der Waals surface area contributed by atoms with Crippen LogP contribution >= 0.6 is 0 Å². The maximum Gasteiger partial charge on any atom is 0.147 e. The van der Waals surface area contributed by atoms with Gasteiger partial charge in [0, 0.05) is 25.2 Å². The minimum Gasteiger partial charge on any atom is -0.315 e. The molecule has 0 saturated heterocycles. The van der Waals surface area contributed by atoms with E-state index in [4.69, 9.17) is 0 Å². The molecule has 1 aliphatic heterocycles. The highest BCUT2D eigenvalue weighted by atomic mass is 15.3. The van der Waals surface area contributed by atoms with Crippen molar-refractivity contribution in [2.24, 2.45) is 0 Å². The zero-order valence-electron chi connectivity index (χ0n) is 12.9. The summed E-state index contributed by atoms with van der Waals surface area (Å²) in [6.07, 6.45) is 5.98. The van der Waals surface area contributed by atoms with Crippen molar-refractivity contribution < 1.29 is 0 Å². The fourth-order valence-electron chi connectivity index (χ4n) is 3.77. The zero-order valence-corrected chi connectivity index (χ0v) is 12.9. The first-order valence-electron chi connectivity index (χ1n) is 7.91. The van der Waals surface area contributed by atoms with Gasteiger partial charge in [-0.2, -0.15) is 5.26 Å². The van der Waals surface area contributed by atoms with Gasteiger partial charge in [0.25, 0.3) is 0 Å². The molecular formula is C15H24N6. The molecule has 1 fully saturated rings. The summed E-state index contributed by atoms with van der Waals surface area (Å²) in [7, 11) is 0. The first-order valence-corrected chi connectivity index (χ1v) is 7.91. The molecule has 3 rings (SSSR count). The van der Waals surface area contributed by atoms with Gasteiger partial charge in [-0.15, -0.1) is 10.2 Å². The summed E-state index contributed by atoms with van der Waals surface area (Å²) in [6, 6.07) is 3.37. The molecule has 1 aromatic rings. The number of hydrogen-bond acceptors (Lipinski definition) is 5. The van der Waals surface area contributed by atoms with Gasteiger partial charge >= 0.3 is 0 Å². The molecule has 6 nitrogen and oxygen atoms in total. The molecule has 0 amide bonds. The topological polar surface area (TPSA) is 69.8 Å². The third-order valence-corrected chi connectivity index (χ3v) is 4.69. The second kappa shape index (κ2) is 5.74. The van der Waals surface area contributed by atoms with Crippen LogP contribution in [0.2, 0.25) is 0 Å². The Morgan fingerprint density at radius 3 is 3.10 bits per heavy atom. The molecule has 0 spiro atoms. The lowest BCUT2D eigenvalue weighted by Gasteiger charge is -2.43. The van der Waals surface area contributed by atoms with E-state index in [2.05, 4.69) is 44.9 Å². The lowest BCUT2D eigenvalue weighted by molar-refractivity contribution is 0.0905. The fraction of sp³-hybridized carbons (Fsp3) is 0.800. The normalized spacial score (nSPS) is 30.1.